The molecule has 194 valence electrons. The summed E-state index contributed by atoms with van der Waals surface area (Å²) in [4.78, 5) is 37.1. The molecule has 3 heterocycles. The van der Waals surface area contributed by atoms with Gasteiger partial charge in [0.1, 0.15) is 5.75 Å². The molecular formula is C28H27N5O5. The van der Waals surface area contributed by atoms with Crippen LogP contribution in [-0.4, -0.2) is 53.6 Å². The lowest BCUT2D eigenvalue weighted by molar-refractivity contribution is -0.118. The van der Waals surface area contributed by atoms with Crippen LogP contribution in [0.25, 0.3) is 22.8 Å². The second-order valence-corrected chi connectivity index (χ2v) is 8.48. The van der Waals surface area contributed by atoms with E-state index >= 15 is 0 Å². The Balaban J connectivity index is 1.33. The second kappa shape index (κ2) is 11.0. The van der Waals surface area contributed by atoms with Crippen molar-refractivity contribution in [2.24, 2.45) is 0 Å². The van der Waals surface area contributed by atoms with E-state index < -0.39 is 0 Å². The van der Waals surface area contributed by atoms with Crippen molar-refractivity contribution in [3.8, 4) is 40.0 Å². The molecule has 0 bridgehead atoms. The van der Waals surface area contributed by atoms with Crippen LogP contribution in [0.1, 0.15) is 23.0 Å². The highest BCUT2D eigenvalue weighted by molar-refractivity contribution is 5.97. The van der Waals surface area contributed by atoms with Crippen LogP contribution in [0.3, 0.4) is 0 Å². The Morgan fingerprint density at radius 2 is 1.92 bits per heavy atom. The van der Waals surface area contributed by atoms with Gasteiger partial charge in [0.2, 0.25) is 0 Å². The summed E-state index contributed by atoms with van der Waals surface area (Å²) in [5.41, 5.74) is 4.24. The zero-order chi connectivity index (χ0) is 26.5. The van der Waals surface area contributed by atoms with Crippen molar-refractivity contribution in [2.75, 3.05) is 32.2 Å². The number of para-hydroxylation sites is 2. The molecule has 10 heteroatoms. The number of ether oxygens (including phenoxy) is 3. The Bertz CT molecular complexity index is 1480. The number of fused-ring (bicyclic) bond motifs is 1. The average molecular weight is 514 g/mol. The van der Waals surface area contributed by atoms with E-state index in [2.05, 4.69) is 20.6 Å². The molecule has 0 radical (unpaired) electrons. The highest BCUT2D eigenvalue weighted by Gasteiger charge is 2.21. The number of H-pyrrole nitrogens is 1. The molecule has 2 amide bonds. The van der Waals surface area contributed by atoms with E-state index in [1.165, 1.54) is 0 Å². The summed E-state index contributed by atoms with van der Waals surface area (Å²) < 4.78 is 16.8. The lowest BCUT2D eigenvalue weighted by atomic mass is 10.1. The van der Waals surface area contributed by atoms with Gasteiger partial charge in [0.25, 0.3) is 11.8 Å². The SMILES string of the molecule is CCOc1cc(-c2nccc(-c3cc4c([nH]3)CCNC4=O)n2)ccc1OCC(=O)Nc1ccccc1OC. The van der Waals surface area contributed by atoms with Crippen LogP contribution in [0.5, 0.6) is 17.2 Å². The van der Waals surface area contributed by atoms with Crippen molar-refractivity contribution < 1.29 is 23.8 Å². The first-order chi connectivity index (χ1) is 18.6. The molecule has 0 fully saturated rings. The number of aromatic amines is 1. The van der Waals surface area contributed by atoms with Gasteiger partial charge >= 0.3 is 0 Å². The summed E-state index contributed by atoms with van der Waals surface area (Å²) in [6.07, 6.45) is 2.42. The number of nitrogens with one attached hydrogen (secondary N) is 3. The van der Waals surface area contributed by atoms with Crippen molar-refractivity contribution in [3.63, 3.8) is 0 Å². The number of methoxy groups -OCH3 is 1. The number of nitrogens with zero attached hydrogens (tertiary/aromatic N) is 2. The molecule has 10 nitrogen and oxygen atoms in total. The van der Waals surface area contributed by atoms with E-state index in [4.69, 9.17) is 19.2 Å². The summed E-state index contributed by atoms with van der Waals surface area (Å²) in [5.74, 6) is 1.52. The molecule has 2 aromatic carbocycles. The first kappa shape index (κ1) is 24.8. The fourth-order valence-corrected chi connectivity index (χ4v) is 4.19. The van der Waals surface area contributed by atoms with Gasteiger partial charge in [0.05, 0.1) is 36.4 Å². The number of rotatable bonds is 9. The minimum atomic E-state index is -0.334. The van der Waals surface area contributed by atoms with E-state index in [1.807, 2.05) is 31.2 Å². The van der Waals surface area contributed by atoms with Crippen LogP contribution in [0.2, 0.25) is 0 Å². The molecular weight excluding hydrogens is 486 g/mol. The highest BCUT2D eigenvalue weighted by Crippen LogP contribution is 2.33. The molecule has 2 aromatic heterocycles. The first-order valence-electron chi connectivity index (χ1n) is 12.2. The number of carbonyl (C=O) groups excluding carboxylic acids is 2. The van der Waals surface area contributed by atoms with E-state index in [-0.39, 0.29) is 18.4 Å². The molecule has 38 heavy (non-hydrogen) atoms. The van der Waals surface area contributed by atoms with Crippen LogP contribution in [0.15, 0.2) is 60.8 Å². The number of aromatic nitrogens is 3. The molecule has 1 aliphatic rings. The van der Waals surface area contributed by atoms with Crippen LogP contribution >= 0.6 is 0 Å². The number of anilines is 1. The Morgan fingerprint density at radius 3 is 2.74 bits per heavy atom. The van der Waals surface area contributed by atoms with Gasteiger partial charge in [-0.05, 0) is 49.4 Å². The molecule has 1 aliphatic heterocycles. The van der Waals surface area contributed by atoms with Gasteiger partial charge in [-0.3, -0.25) is 9.59 Å². The molecule has 0 unspecified atom stereocenters. The predicted molar refractivity (Wildman–Crippen MR) is 142 cm³/mol. The predicted octanol–water partition coefficient (Wildman–Crippen LogP) is 3.85. The van der Waals surface area contributed by atoms with E-state index in [9.17, 15) is 9.59 Å². The van der Waals surface area contributed by atoms with E-state index in [0.717, 1.165) is 23.4 Å². The van der Waals surface area contributed by atoms with Gasteiger partial charge in [-0.1, -0.05) is 12.1 Å². The summed E-state index contributed by atoms with van der Waals surface area (Å²) in [5, 5.41) is 5.64. The topological polar surface area (TPSA) is 127 Å². The largest absolute Gasteiger partial charge is 0.495 e. The van der Waals surface area contributed by atoms with Crippen molar-refractivity contribution in [1.82, 2.24) is 20.3 Å². The molecule has 0 saturated heterocycles. The Hall–Kier alpha value is -4.86. The third kappa shape index (κ3) is 5.29. The van der Waals surface area contributed by atoms with Crippen LogP contribution < -0.4 is 24.8 Å². The third-order valence-electron chi connectivity index (χ3n) is 5.98. The molecule has 5 rings (SSSR count). The number of hydrogen-bond donors (Lipinski definition) is 3. The van der Waals surface area contributed by atoms with Crippen molar-refractivity contribution >= 4 is 17.5 Å². The summed E-state index contributed by atoms with van der Waals surface area (Å²) in [6, 6.07) is 16.1. The second-order valence-electron chi connectivity index (χ2n) is 8.48. The van der Waals surface area contributed by atoms with Crippen molar-refractivity contribution in [2.45, 2.75) is 13.3 Å². The Kier molecular flexibility index (Phi) is 7.21. The van der Waals surface area contributed by atoms with Gasteiger partial charge in [-0.15, -0.1) is 0 Å². The van der Waals surface area contributed by atoms with Crippen molar-refractivity contribution in [3.05, 3.63) is 72.1 Å². The molecule has 3 N–H and O–H groups in total. The molecule has 4 aromatic rings. The zero-order valence-electron chi connectivity index (χ0n) is 21.0. The molecule has 0 spiro atoms. The number of amides is 2. The van der Waals surface area contributed by atoms with Gasteiger partial charge in [-0.2, -0.15) is 0 Å². The monoisotopic (exact) mass is 513 g/mol. The Labute approximate surface area is 219 Å². The molecule has 0 atom stereocenters. The summed E-state index contributed by atoms with van der Waals surface area (Å²) in [7, 11) is 1.54. The maximum atomic E-state index is 12.5. The smallest absolute Gasteiger partial charge is 0.262 e. The minimum absolute atomic E-state index is 0.0865. The quantitative estimate of drug-likeness (QED) is 0.310. The normalized spacial score (nSPS) is 12.3. The van der Waals surface area contributed by atoms with E-state index in [0.29, 0.717) is 53.2 Å². The average Bonchev–Trinajstić information content (AvgIpc) is 3.39. The standard InChI is InChI=1S/C28H27N5O5/c1-3-37-25-14-17(8-9-24(25)38-16-26(34)32-21-6-4-5-7-23(21)36-2)27-29-12-11-20(33-27)22-15-18-19(31-22)10-13-30-28(18)35/h4-9,11-12,14-15,31H,3,10,13,16H2,1-2H3,(H,30,35)(H,32,34). The lowest BCUT2D eigenvalue weighted by Crippen LogP contribution is -2.31. The number of benzene rings is 2. The van der Waals surface area contributed by atoms with E-state index in [1.54, 1.807) is 43.6 Å². The van der Waals surface area contributed by atoms with Crippen molar-refractivity contribution in [1.29, 1.82) is 0 Å². The van der Waals surface area contributed by atoms with Gasteiger partial charge in [0.15, 0.2) is 23.9 Å². The highest BCUT2D eigenvalue weighted by atomic mass is 16.5. The first-order valence-corrected chi connectivity index (χ1v) is 12.2. The number of carbonyl (C=O) groups is 2. The van der Waals surface area contributed by atoms with Crippen LogP contribution in [0.4, 0.5) is 5.69 Å². The van der Waals surface area contributed by atoms with Crippen LogP contribution in [-0.2, 0) is 11.2 Å². The molecule has 0 aliphatic carbocycles. The minimum Gasteiger partial charge on any atom is -0.495 e. The third-order valence-corrected chi connectivity index (χ3v) is 5.98. The number of hydrogen-bond acceptors (Lipinski definition) is 7. The van der Waals surface area contributed by atoms with Gasteiger partial charge < -0.3 is 29.8 Å². The zero-order valence-corrected chi connectivity index (χ0v) is 21.0. The fourth-order valence-electron chi connectivity index (χ4n) is 4.19. The molecule has 0 saturated carbocycles. The van der Waals surface area contributed by atoms with Crippen LogP contribution in [0, 0.1) is 0 Å². The van der Waals surface area contributed by atoms with Gasteiger partial charge in [0, 0.05) is 30.4 Å². The Morgan fingerprint density at radius 1 is 1.05 bits per heavy atom. The maximum Gasteiger partial charge on any atom is 0.262 e. The maximum absolute atomic E-state index is 12.5. The fraction of sp³-hybridized carbons (Fsp3) is 0.214. The summed E-state index contributed by atoms with van der Waals surface area (Å²) in [6.45, 7) is 2.67. The van der Waals surface area contributed by atoms with Gasteiger partial charge in [-0.25, -0.2) is 9.97 Å². The summed E-state index contributed by atoms with van der Waals surface area (Å²) >= 11 is 0. The lowest BCUT2D eigenvalue weighted by Gasteiger charge is -2.14.